The number of anilines is 1. The molecule has 1 aliphatic rings. The highest BCUT2D eigenvalue weighted by molar-refractivity contribution is 9.10. The highest BCUT2D eigenvalue weighted by Crippen LogP contribution is 2.28. The van der Waals surface area contributed by atoms with Crippen LogP contribution in [0.2, 0.25) is 0 Å². The van der Waals surface area contributed by atoms with Gasteiger partial charge in [-0.1, -0.05) is 0 Å². The number of aromatic nitrogens is 2. The quantitative estimate of drug-likeness (QED) is 0.781. The van der Waals surface area contributed by atoms with Crippen LogP contribution in [0.25, 0.3) is 0 Å². The number of halogens is 2. The predicted molar refractivity (Wildman–Crippen MR) is 60.9 cm³/mol. The molecule has 0 bridgehead atoms. The van der Waals surface area contributed by atoms with Crippen molar-refractivity contribution >= 4 is 39.3 Å². The molecule has 0 saturated carbocycles. The monoisotopic (exact) mass is 289 g/mol. The molecule has 0 aliphatic carbocycles. The van der Waals surface area contributed by atoms with Gasteiger partial charge in [0, 0.05) is 25.0 Å². The van der Waals surface area contributed by atoms with Gasteiger partial charge in [-0.2, -0.15) is 0 Å². The van der Waals surface area contributed by atoms with Gasteiger partial charge in [-0.3, -0.25) is 9.69 Å². The maximum Gasteiger partial charge on any atom is 0.228 e. The normalized spacial score (nSPS) is 21.1. The van der Waals surface area contributed by atoms with Crippen LogP contribution in [0.5, 0.6) is 0 Å². The van der Waals surface area contributed by atoms with Crippen molar-refractivity contribution in [3.8, 4) is 0 Å². The molecule has 1 aromatic rings. The Labute approximate surface area is 101 Å². The van der Waals surface area contributed by atoms with Crippen LogP contribution in [0, 0.1) is 5.92 Å². The van der Waals surface area contributed by atoms with Gasteiger partial charge >= 0.3 is 0 Å². The summed E-state index contributed by atoms with van der Waals surface area (Å²) in [6.07, 6.45) is 3.56. The van der Waals surface area contributed by atoms with E-state index in [4.69, 9.17) is 11.6 Å². The molecule has 2 heterocycles. The van der Waals surface area contributed by atoms with Crippen LogP contribution in [0.15, 0.2) is 17.0 Å². The Kier molecular flexibility index (Phi) is 3.21. The molecule has 0 aromatic carbocycles. The topological polar surface area (TPSA) is 46.1 Å². The first-order valence-electron chi connectivity index (χ1n) is 4.54. The highest BCUT2D eigenvalue weighted by Gasteiger charge is 2.31. The molecular weight excluding hydrogens is 281 g/mol. The first-order chi connectivity index (χ1) is 7.22. The number of nitrogens with zero attached hydrogens (tertiary/aromatic N) is 3. The summed E-state index contributed by atoms with van der Waals surface area (Å²) >= 11 is 9.07. The molecule has 1 aliphatic heterocycles. The molecule has 1 atom stereocenters. The van der Waals surface area contributed by atoms with E-state index >= 15 is 0 Å². The van der Waals surface area contributed by atoms with E-state index in [1.54, 1.807) is 11.1 Å². The first kappa shape index (κ1) is 10.8. The molecular formula is C9H9BrClN3O. The minimum Gasteiger partial charge on any atom is -0.295 e. The number of alkyl halides is 1. The van der Waals surface area contributed by atoms with Crippen molar-refractivity contribution in [1.29, 1.82) is 0 Å². The Morgan fingerprint density at radius 2 is 2.47 bits per heavy atom. The largest absolute Gasteiger partial charge is 0.295 e. The summed E-state index contributed by atoms with van der Waals surface area (Å²) in [6.45, 7) is 0.637. The van der Waals surface area contributed by atoms with Gasteiger partial charge in [0.1, 0.15) is 6.33 Å². The molecule has 4 nitrogen and oxygen atoms in total. The summed E-state index contributed by atoms with van der Waals surface area (Å²) in [5.74, 6) is 1.42. The van der Waals surface area contributed by atoms with Crippen LogP contribution < -0.4 is 4.90 Å². The SMILES string of the molecule is O=C1CC(CCl)CN1c1ncncc1Br. The zero-order valence-corrected chi connectivity index (χ0v) is 10.2. The zero-order chi connectivity index (χ0) is 10.8. The fraction of sp³-hybridized carbons (Fsp3) is 0.444. The summed E-state index contributed by atoms with van der Waals surface area (Å²) in [4.78, 5) is 21.3. The molecule has 6 heteroatoms. The van der Waals surface area contributed by atoms with E-state index in [-0.39, 0.29) is 11.8 Å². The molecule has 2 rings (SSSR count). The Bertz CT molecular complexity index is 387. The van der Waals surface area contributed by atoms with Crippen molar-refractivity contribution in [2.24, 2.45) is 5.92 Å². The van der Waals surface area contributed by atoms with Crippen LogP contribution in [-0.2, 0) is 4.79 Å². The van der Waals surface area contributed by atoms with Gasteiger partial charge in [-0.05, 0) is 21.8 Å². The zero-order valence-electron chi connectivity index (χ0n) is 7.86. The van der Waals surface area contributed by atoms with Crippen LogP contribution in [-0.4, -0.2) is 28.3 Å². The Hall–Kier alpha value is -0.680. The average Bonchev–Trinajstić information content (AvgIpc) is 2.60. The molecule has 1 unspecified atom stereocenters. The van der Waals surface area contributed by atoms with E-state index in [2.05, 4.69) is 25.9 Å². The standard InChI is InChI=1S/C9H9BrClN3O/c10-7-3-12-5-13-9(7)14-4-6(2-11)1-8(14)15/h3,5-6H,1-2,4H2. The van der Waals surface area contributed by atoms with E-state index < -0.39 is 0 Å². The number of carbonyl (C=O) groups is 1. The van der Waals surface area contributed by atoms with Gasteiger partial charge in [0.15, 0.2) is 5.82 Å². The average molecular weight is 291 g/mol. The molecule has 15 heavy (non-hydrogen) atoms. The van der Waals surface area contributed by atoms with Crippen LogP contribution in [0.3, 0.4) is 0 Å². The summed E-state index contributed by atoms with van der Waals surface area (Å²) < 4.78 is 0.730. The molecule has 0 spiro atoms. The lowest BCUT2D eigenvalue weighted by atomic mass is 10.2. The second kappa shape index (κ2) is 4.45. The summed E-state index contributed by atoms with van der Waals surface area (Å²) in [7, 11) is 0. The number of hydrogen-bond acceptors (Lipinski definition) is 3. The third-order valence-corrected chi connectivity index (χ3v) is 3.32. The third-order valence-electron chi connectivity index (χ3n) is 2.33. The maximum absolute atomic E-state index is 11.7. The first-order valence-corrected chi connectivity index (χ1v) is 5.87. The van der Waals surface area contributed by atoms with Crippen molar-refractivity contribution in [3.05, 3.63) is 17.0 Å². The molecule has 1 amide bonds. The second-order valence-corrected chi connectivity index (χ2v) is 4.59. The molecule has 0 radical (unpaired) electrons. The smallest absolute Gasteiger partial charge is 0.228 e. The fourth-order valence-corrected chi connectivity index (χ4v) is 2.24. The van der Waals surface area contributed by atoms with E-state index in [1.165, 1.54) is 6.33 Å². The van der Waals surface area contributed by atoms with Crippen LogP contribution in [0.1, 0.15) is 6.42 Å². The van der Waals surface area contributed by atoms with Gasteiger partial charge in [0.2, 0.25) is 5.91 Å². The van der Waals surface area contributed by atoms with Gasteiger partial charge < -0.3 is 0 Å². The predicted octanol–water partition coefficient (Wildman–Crippen LogP) is 1.83. The highest BCUT2D eigenvalue weighted by atomic mass is 79.9. The van der Waals surface area contributed by atoms with Crippen molar-refractivity contribution in [2.75, 3.05) is 17.3 Å². The fourth-order valence-electron chi connectivity index (χ4n) is 1.59. The van der Waals surface area contributed by atoms with Crippen LogP contribution in [0.4, 0.5) is 5.82 Å². The van der Waals surface area contributed by atoms with E-state index in [9.17, 15) is 4.79 Å². The third kappa shape index (κ3) is 2.13. The molecule has 1 aromatic heterocycles. The lowest BCUT2D eigenvalue weighted by molar-refractivity contribution is -0.117. The van der Waals surface area contributed by atoms with Crippen molar-refractivity contribution < 1.29 is 4.79 Å². The summed E-state index contributed by atoms with van der Waals surface area (Å²) in [5.41, 5.74) is 0. The molecule has 1 saturated heterocycles. The molecule has 80 valence electrons. The van der Waals surface area contributed by atoms with Gasteiger partial charge in [0.05, 0.1) is 4.47 Å². The lowest BCUT2D eigenvalue weighted by Gasteiger charge is -2.15. The van der Waals surface area contributed by atoms with Gasteiger partial charge in [0.25, 0.3) is 0 Å². The Balaban J connectivity index is 2.25. The van der Waals surface area contributed by atoms with E-state index in [1.807, 2.05) is 0 Å². The minimum atomic E-state index is 0.0695. The minimum absolute atomic E-state index is 0.0695. The second-order valence-electron chi connectivity index (χ2n) is 3.42. The van der Waals surface area contributed by atoms with Crippen molar-refractivity contribution in [3.63, 3.8) is 0 Å². The van der Waals surface area contributed by atoms with Gasteiger partial charge in [-0.25, -0.2) is 9.97 Å². The number of rotatable bonds is 2. The lowest BCUT2D eigenvalue weighted by Crippen LogP contribution is -2.26. The molecule has 0 N–H and O–H groups in total. The van der Waals surface area contributed by atoms with Gasteiger partial charge in [-0.15, -0.1) is 11.6 Å². The van der Waals surface area contributed by atoms with Crippen molar-refractivity contribution in [1.82, 2.24) is 9.97 Å². The number of carbonyl (C=O) groups excluding carboxylic acids is 1. The Morgan fingerprint density at radius 1 is 1.67 bits per heavy atom. The summed E-state index contributed by atoms with van der Waals surface area (Å²) in [5, 5.41) is 0. The van der Waals surface area contributed by atoms with Crippen molar-refractivity contribution in [2.45, 2.75) is 6.42 Å². The van der Waals surface area contributed by atoms with E-state index in [0.29, 0.717) is 24.7 Å². The van der Waals surface area contributed by atoms with Crippen LogP contribution >= 0.6 is 27.5 Å². The Morgan fingerprint density at radius 3 is 3.07 bits per heavy atom. The molecule has 1 fully saturated rings. The maximum atomic E-state index is 11.7. The summed E-state index contributed by atoms with van der Waals surface area (Å²) in [6, 6.07) is 0. The number of amides is 1. The number of hydrogen-bond donors (Lipinski definition) is 0. The van der Waals surface area contributed by atoms with E-state index in [0.717, 1.165) is 4.47 Å².